The van der Waals surface area contributed by atoms with E-state index in [2.05, 4.69) is 32.8 Å². The van der Waals surface area contributed by atoms with Crippen molar-refractivity contribution in [3.05, 3.63) is 48.2 Å². The molecule has 2 heterocycles. The maximum absolute atomic E-state index is 12.2. The van der Waals surface area contributed by atoms with Gasteiger partial charge in [0.2, 0.25) is 11.8 Å². The van der Waals surface area contributed by atoms with E-state index in [0.717, 1.165) is 28.3 Å². The summed E-state index contributed by atoms with van der Waals surface area (Å²) >= 11 is 1.45. The molecule has 3 aromatic rings. The Hall–Kier alpha value is -2.54. The lowest BCUT2D eigenvalue weighted by molar-refractivity contribution is -0.118. The number of imidazole rings is 1. The summed E-state index contributed by atoms with van der Waals surface area (Å²) in [5.74, 6) is 0.886. The van der Waals surface area contributed by atoms with Crippen LogP contribution in [0.3, 0.4) is 0 Å². The Bertz CT molecular complexity index is 906. The van der Waals surface area contributed by atoms with Gasteiger partial charge in [0.15, 0.2) is 5.16 Å². The molecule has 1 amide bonds. The molecule has 0 atom stereocenters. The molecule has 27 heavy (non-hydrogen) atoms. The van der Waals surface area contributed by atoms with Gasteiger partial charge in [-0.05, 0) is 38.5 Å². The number of rotatable bonds is 8. The maximum atomic E-state index is 12.2. The maximum Gasteiger partial charge on any atom is 0.230 e. The van der Waals surface area contributed by atoms with Gasteiger partial charge in [-0.3, -0.25) is 4.79 Å². The monoisotopic (exact) mass is 384 g/mol. The molecule has 6 nitrogen and oxygen atoms in total. The van der Waals surface area contributed by atoms with Gasteiger partial charge in [-0.2, -0.15) is 0 Å². The van der Waals surface area contributed by atoms with Crippen molar-refractivity contribution in [3.8, 4) is 5.88 Å². The summed E-state index contributed by atoms with van der Waals surface area (Å²) in [7, 11) is 0. The second-order valence-corrected chi connectivity index (χ2v) is 7.31. The molecule has 0 aliphatic rings. The van der Waals surface area contributed by atoms with Crippen LogP contribution in [0.4, 0.5) is 0 Å². The highest BCUT2D eigenvalue weighted by Crippen LogP contribution is 2.23. The Morgan fingerprint density at radius 2 is 2.07 bits per heavy atom. The predicted octanol–water partition coefficient (Wildman–Crippen LogP) is 3.65. The number of pyridine rings is 1. The van der Waals surface area contributed by atoms with E-state index >= 15 is 0 Å². The zero-order chi connectivity index (χ0) is 19.2. The topological polar surface area (TPSA) is 69.0 Å². The summed E-state index contributed by atoms with van der Waals surface area (Å²) in [5, 5.41) is 3.79. The molecule has 7 heteroatoms. The van der Waals surface area contributed by atoms with Crippen LogP contribution in [0.2, 0.25) is 0 Å². The van der Waals surface area contributed by atoms with E-state index in [9.17, 15) is 4.79 Å². The molecule has 0 aliphatic heterocycles. The van der Waals surface area contributed by atoms with Crippen LogP contribution in [0.5, 0.6) is 5.88 Å². The van der Waals surface area contributed by atoms with E-state index in [-0.39, 0.29) is 12.0 Å². The largest absolute Gasteiger partial charge is 0.475 e. The van der Waals surface area contributed by atoms with Crippen molar-refractivity contribution in [1.29, 1.82) is 0 Å². The lowest BCUT2D eigenvalue weighted by Crippen LogP contribution is -2.24. The van der Waals surface area contributed by atoms with Crippen LogP contribution in [0.1, 0.15) is 26.3 Å². The van der Waals surface area contributed by atoms with Crippen LogP contribution in [0.25, 0.3) is 11.0 Å². The third-order valence-corrected chi connectivity index (χ3v) is 4.89. The Balaban J connectivity index is 1.53. The van der Waals surface area contributed by atoms with Crippen molar-refractivity contribution in [2.24, 2.45) is 0 Å². The average Bonchev–Trinajstić information content (AvgIpc) is 3.03. The summed E-state index contributed by atoms with van der Waals surface area (Å²) in [5.41, 5.74) is 2.99. The molecule has 0 saturated heterocycles. The third kappa shape index (κ3) is 5.01. The number of fused-ring (bicyclic) bond motifs is 1. The second-order valence-electron chi connectivity index (χ2n) is 6.36. The predicted molar refractivity (Wildman–Crippen MR) is 108 cm³/mol. The van der Waals surface area contributed by atoms with Gasteiger partial charge < -0.3 is 14.6 Å². The summed E-state index contributed by atoms with van der Waals surface area (Å²) in [6.45, 7) is 7.26. The molecule has 0 radical (unpaired) electrons. The zero-order valence-corrected chi connectivity index (χ0v) is 16.6. The minimum absolute atomic E-state index is 0.0304. The van der Waals surface area contributed by atoms with E-state index in [1.54, 1.807) is 6.20 Å². The zero-order valence-electron chi connectivity index (χ0n) is 15.8. The Morgan fingerprint density at radius 3 is 2.78 bits per heavy atom. The number of benzene rings is 1. The molecule has 0 saturated carbocycles. The van der Waals surface area contributed by atoms with Gasteiger partial charge in [-0.1, -0.05) is 30.0 Å². The number of aromatic nitrogens is 3. The minimum Gasteiger partial charge on any atom is -0.475 e. The van der Waals surface area contributed by atoms with Crippen LogP contribution < -0.4 is 10.1 Å². The molecule has 0 unspecified atom stereocenters. The van der Waals surface area contributed by atoms with Gasteiger partial charge in [-0.25, -0.2) is 9.97 Å². The van der Waals surface area contributed by atoms with Crippen LogP contribution >= 0.6 is 11.8 Å². The summed E-state index contributed by atoms with van der Waals surface area (Å²) in [6.07, 6.45) is 1.81. The van der Waals surface area contributed by atoms with Gasteiger partial charge in [0.1, 0.15) is 0 Å². The first kappa shape index (κ1) is 19.2. The van der Waals surface area contributed by atoms with Gasteiger partial charge in [0.25, 0.3) is 0 Å². The number of ether oxygens (including phenoxy) is 1. The molecule has 1 aromatic carbocycles. The number of aryl methyl sites for hydroxylation is 1. The SMILES string of the molecule is CCn1c(SCC(=O)NCc2ccc(OC(C)C)nc2)nc2ccccc21. The molecular weight excluding hydrogens is 360 g/mol. The first-order valence-corrected chi connectivity index (χ1v) is 10.0. The average molecular weight is 385 g/mol. The minimum atomic E-state index is -0.0304. The lowest BCUT2D eigenvalue weighted by Gasteiger charge is -2.09. The molecule has 0 spiro atoms. The Labute approximate surface area is 163 Å². The van der Waals surface area contributed by atoms with Crippen LogP contribution in [0, 0.1) is 0 Å². The second kappa shape index (κ2) is 8.90. The van der Waals surface area contributed by atoms with E-state index in [4.69, 9.17) is 4.74 Å². The van der Waals surface area contributed by atoms with Crippen molar-refractivity contribution in [2.75, 3.05) is 5.75 Å². The van der Waals surface area contributed by atoms with Crippen LogP contribution in [0.15, 0.2) is 47.8 Å². The molecule has 3 rings (SSSR count). The molecule has 0 bridgehead atoms. The fourth-order valence-corrected chi connectivity index (χ4v) is 3.59. The Kier molecular flexibility index (Phi) is 6.34. The van der Waals surface area contributed by atoms with Gasteiger partial charge in [-0.15, -0.1) is 0 Å². The van der Waals surface area contributed by atoms with E-state index in [1.165, 1.54) is 11.8 Å². The number of carbonyl (C=O) groups is 1. The van der Waals surface area contributed by atoms with Gasteiger partial charge >= 0.3 is 0 Å². The number of nitrogens with one attached hydrogen (secondary N) is 1. The van der Waals surface area contributed by atoms with Crippen molar-refractivity contribution >= 4 is 28.7 Å². The fourth-order valence-electron chi connectivity index (χ4n) is 2.68. The van der Waals surface area contributed by atoms with Crippen LogP contribution in [-0.4, -0.2) is 32.3 Å². The van der Waals surface area contributed by atoms with Crippen LogP contribution in [-0.2, 0) is 17.9 Å². The summed E-state index contributed by atoms with van der Waals surface area (Å²) in [6, 6.07) is 11.8. The quantitative estimate of drug-likeness (QED) is 0.601. The van der Waals surface area contributed by atoms with Crippen molar-refractivity contribution in [1.82, 2.24) is 19.9 Å². The molecular formula is C20H24N4O2S. The number of hydrogen-bond donors (Lipinski definition) is 1. The molecule has 0 aliphatic carbocycles. The highest BCUT2D eigenvalue weighted by atomic mass is 32.2. The summed E-state index contributed by atoms with van der Waals surface area (Å²) in [4.78, 5) is 21.1. The number of carbonyl (C=O) groups excluding carboxylic acids is 1. The van der Waals surface area contributed by atoms with Gasteiger partial charge in [0.05, 0.1) is 22.9 Å². The Morgan fingerprint density at radius 1 is 1.26 bits per heavy atom. The third-order valence-electron chi connectivity index (χ3n) is 3.91. The highest BCUT2D eigenvalue weighted by molar-refractivity contribution is 7.99. The fraction of sp³-hybridized carbons (Fsp3) is 0.350. The van der Waals surface area contributed by atoms with E-state index < -0.39 is 0 Å². The molecule has 0 fully saturated rings. The number of amides is 1. The normalized spacial score (nSPS) is 11.1. The smallest absolute Gasteiger partial charge is 0.230 e. The number of thioether (sulfide) groups is 1. The van der Waals surface area contributed by atoms with Crippen molar-refractivity contribution in [2.45, 2.75) is 45.1 Å². The lowest BCUT2D eigenvalue weighted by atomic mass is 10.3. The molecule has 2 aromatic heterocycles. The van der Waals surface area contributed by atoms with Crippen molar-refractivity contribution in [3.63, 3.8) is 0 Å². The number of para-hydroxylation sites is 2. The number of nitrogens with zero attached hydrogens (tertiary/aromatic N) is 3. The first-order valence-electron chi connectivity index (χ1n) is 9.03. The first-order chi connectivity index (χ1) is 13.1. The number of hydrogen-bond acceptors (Lipinski definition) is 5. The standard InChI is InChI=1S/C20H24N4O2S/c1-4-24-17-8-6-5-7-16(17)23-20(24)27-13-18(25)21-11-15-9-10-19(22-12-15)26-14(2)3/h5-10,12,14H,4,11,13H2,1-3H3,(H,21,25). The highest BCUT2D eigenvalue weighted by Gasteiger charge is 2.11. The van der Waals surface area contributed by atoms with E-state index in [1.807, 2.05) is 44.2 Å². The van der Waals surface area contributed by atoms with E-state index in [0.29, 0.717) is 18.2 Å². The van der Waals surface area contributed by atoms with Crippen molar-refractivity contribution < 1.29 is 9.53 Å². The summed E-state index contributed by atoms with van der Waals surface area (Å²) < 4.78 is 7.65. The molecule has 1 N–H and O–H groups in total. The molecule has 142 valence electrons. The van der Waals surface area contributed by atoms with Gasteiger partial charge in [0, 0.05) is 25.4 Å².